The van der Waals surface area contributed by atoms with E-state index in [0.29, 0.717) is 32.8 Å². The van der Waals surface area contributed by atoms with Gasteiger partial charge >= 0.3 is 5.97 Å². The fraction of sp³-hybridized carbons (Fsp3) is 0.200. The zero-order valence-electron chi connectivity index (χ0n) is 23.4. The lowest BCUT2D eigenvalue weighted by Crippen LogP contribution is -2.57. The quantitative estimate of drug-likeness (QED) is 0.0877. The SMILES string of the molecule is O=C(O[C@H](CCCl)C(=O)c1ccc(Cl)cc1)c1cccc(N2C(=O)[C@@H]3[C@H](C2=O)C2(Cl)c4ccccc4C3(Cl)c3ccccc32)c1. The summed E-state index contributed by atoms with van der Waals surface area (Å²) >= 11 is 26.9. The van der Waals surface area contributed by atoms with Crippen molar-refractivity contribution >= 4 is 75.7 Å². The molecular formula is C35H23Cl4NO5. The van der Waals surface area contributed by atoms with Crippen molar-refractivity contribution in [3.63, 3.8) is 0 Å². The van der Waals surface area contributed by atoms with Gasteiger partial charge in [-0.2, -0.15) is 0 Å². The van der Waals surface area contributed by atoms with Crippen LogP contribution in [0.3, 0.4) is 0 Å². The number of rotatable bonds is 7. The highest BCUT2D eigenvalue weighted by atomic mass is 35.5. The maximum atomic E-state index is 14.3. The number of alkyl halides is 3. The van der Waals surface area contributed by atoms with Crippen molar-refractivity contribution < 1.29 is 23.9 Å². The zero-order chi connectivity index (χ0) is 31.7. The van der Waals surface area contributed by atoms with Crippen molar-refractivity contribution in [1.29, 1.82) is 0 Å². The molecule has 0 spiro atoms. The first-order chi connectivity index (χ1) is 21.6. The van der Waals surface area contributed by atoms with E-state index in [1.165, 1.54) is 18.2 Å². The van der Waals surface area contributed by atoms with Gasteiger partial charge in [0.25, 0.3) is 0 Å². The van der Waals surface area contributed by atoms with Crippen molar-refractivity contribution in [1.82, 2.24) is 0 Å². The molecule has 4 aliphatic rings. The molecule has 1 heterocycles. The predicted octanol–water partition coefficient (Wildman–Crippen LogP) is 7.47. The van der Waals surface area contributed by atoms with Gasteiger partial charge in [-0.3, -0.25) is 14.4 Å². The van der Waals surface area contributed by atoms with Crippen molar-refractivity contribution in [2.24, 2.45) is 11.8 Å². The second-order valence-corrected chi connectivity index (χ2v) is 13.3. The number of ether oxygens (including phenoxy) is 1. The monoisotopic (exact) mass is 677 g/mol. The molecule has 226 valence electrons. The van der Waals surface area contributed by atoms with E-state index >= 15 is 0 Å². The number of imide groups is 1. The van der Waals surface area contributed by atoms with Gasteiger partial charge in [0.05, 0.1) is 23.1 Å². The van der Waals surface area contributed by atoms with Gasteiger partial charge in [-0.25, -0.2) is 9.69 Å². The Morgan fingerprint density at radius 2 is 1.24 bits per heavy atom. The fourth-order valence-electron chi connectivity index (χ4n) is 7.03. The minimum atomic E-state index is -1.33. The molecule has 1 fully saturated rings. The summed E-state index contributed by atoms with van der Waals surface area (Å²) in [4.78, 5) is 53.5. The summed E-state index contributed by atoms with van der Waals surface area (Å²) in [5.41, 5.74) is 3.29. The van der Waals surface area contributed by atoms with Crippen LogP contribution >= 0.6 is 46.4 Å². The Balaban J connectivity index is 1.23. The number of carbonyl (C=O) groups excluding carboxylic acids is 4. The number of nitrogens with zero attached hydrogens (tertiary/aromatic N) is 1. The average molecular weight is 679 g/mol. The summed E-state index contributed by atoms with van der Waals surface area (Å²) in [5.74, 6) is -4.19. The lowest BCUT2D eigenvalue weighted by molar-refractivity contribution is -0.122. The minimum Gasteiger partial charge on any atom is -0.450 e. The van der Waals surface area contributed by atoms with E-state index in [9.17, 15) is 19.2 Å². The number of halogens is 4. The van der Waals surface area contributed by atoms with E-state index < -0.39 is 51.3 Å². The van der Waals surface area contributed by atoms with Crippen LogP contribution in [0.15, 0.2) is 97.1 Å². The summed E-state index contributed by atoms with van der Waals surface area (Å²) in [6, 6.07) is 27.0. The number of benzene rings is 4. The Labute approximate surface area is 278 Å². The van der Waals surface area contributed by atoms with Gasteiger partial charge in [0.2, 0.25) is 17.6 Å². The number of carbonyl (C=O) groups is 4. The van der Waals surface area contributed by atoms with E-state index in [2.05, 4.69) is 0 Å². The number of ketones is 1. The topological polar surface area (TPSA) is 80.8 Å². The van der Waals surface area contributed by atoms with Crippen LogP contribution in [0.1, 0.15) is 49.4 Å². The summed E-state index contributed by atoms with van der Waals surface area (Å²) in [6.45, 7) is 0. The van der Waals surface area contributed by atoms with Crippen LogP contribution in [-0.4, -0.2) is 35.6 Å². The van der Waals surface area contributed by atoms with Crippen LogP contribution in [0.2, 0.25) is 5.02 Å². The van der Waals surface area contributed by atoms with Crippen molar-refractivity contribution in [2.45, 2.75) is 22.3 Å². The van der Waals surface area contributed by atoms with Gasteiger partial charge < -0.3 is 4.74 Å². The second-order valence-electron chi connectivity index (χ2n) is 11.3. The molecule has 2 amide bonds. The molecule has 10 heteroatoms. The van der Waals surface area contributed by atoms with Gasteiger partial charge in [-0.15, -0.1) is 34.8 Å². The molecule has 0 saturated carbocycles. The van der Waals surface area contributed by atoms with Crippen LogP contribution in [0.5, 0.6) is 0 Å². The molecule has 6 nitrogen and oxygen atoms in total. The van der Waals surface area contributed by atoms with Crippen LogP contribution in [0.4, 0.5) is 5.69 Å². The molecule has 45 heavy (non-hydrogen) atoms. The molecule has 0 N–H and O–H groups in total. The first-order valence-corrected chi connectivity index (χ1v) is 15.9. The molecule has 1 saturated heterocycles. The number of amides is 2. The number of Topliss-reactive ketones (excluding diaryl/α,β-unsaturated/α-hetero) is 1. The van der Waals surface area contributed by atoms with Crippen LogP contribution < -0.4 is 4.90 Å². The standard InChI is InChI=1S/C35H23Cl4NO5/c36-17-16-27(30(41)19-12-14-21(37)15-13-19)45-33(44)20-6-5-7-22(18-20)40-31(42)28-29(32(40)43)35(39)24-9-2-1-8-23(24)34(28,38)25-10-3-4-11-26(25)35/h1-15,18,27-29H,16-17H2/t27-,28-,29+,34?,35?/m1/s1. The van der Waals surface area contributed by atoms with Gasteiger partial charge in [0.1, 0.15) is 9.75 Å². The summed E-state index contributed by atoms with van der Waals surface area (Å²) in [5, 5.41) is 0.459. The number of hydrogen-bond donors (Lipinski definition) is 0. The van der Waals surface area contributed by atoms with Crippen LogP contribution in [0, 0.1) is 11.8 Å². The molecule has 0 aromatic heterocycles. The fourth-order valence-corrected chi connectivity index (χ4v) is 8.46. The molecule has 0 radical (unpaired) electrons. The number of hydrogen-bond acceptors (Lipinski definition) is 5. The molecule has 3 aliphatic carbocycles. The number of esters is 1. The van der Waals surface area contributed by atoms with Crippen molar-refractivity contribution in [2.75, 3.05) is 10.8 Å². The molecule has 3 atom stereocenters. The Kier molecular flexibility index (Phi) is 7.33. The Hall–Kier alpha value is -3.68. The Morgan fingerprint density at radius 1 is 0.733 bits per heavy atom. The summed E-state index contributed by atoms with van der Waals surface area (Å²) in [6.07, 6.45) is -1.07. The lowest BCUT2D eigenvalue weighted by atomic mass is 9.54. The molecule has 4 aromatic carbocycles. The van der Waals surface area contributed by atoms with Crippen molar-refractivity contribution in [3.8, 4) is 0 Å². The van der Waals surface area contributed by atoms with E-state index in [0.717, 1.165) is 4.90 Å². The third kappa shape index (κ3) is 4.30. The maximum Gasteiger partial charge on any atom is 0.338 e. The van der Waals surface area contributed by atoms with Crippen LogP contribution in [-0.2, 0) is 24.1 Å². The molecule has 2 bridgehead atoms. The summed E-state index contributed by atoms with van der Waals surface area (Å²) in [7, 11) is 0. The van der Waals surface area contributed by atoms with Gasteiger partial charge in [0.15, 0.2) is 6.10 Å². The maximum absolute atomic E-state index is 14.3. The average Bonchev–Trinajstić information content (AvgIpc) is 3.34. The second kappa shape index (κ2) is 11.0. The Morgan fingerprint density at radius 3 is 1.73 bits per heavy atom. The van der Waals surface area contributed by atoms with E-state index in [-0.39, 0.29) is 23.6 Å². The molecule has 1 aliphatic heterocycles. The molecular weight excluding hydrogens is 656 g/mol. The zero-order valence-corrected chi connectivity index (χ0v) is 26.4. The molecule has 8 rings (SSSR count). The highest BCUT2D eigenvalue weighted by Crippen LogP contribution is 2.69. The van der Waals surface area contributed by atoms with E-state index in [4.69, 9.17) is 51.1 Å². The first kappa shape index (κ1) is 30.0. The largest absolute Gasteiger partial charge is 0.450 e. The highest BCUT2D eigenvalue weighted by molar-refractivity contribution is 6.38. The Bertz CT molecular complexity index is 1790. The molecule has 0 unspecified atom stereocenters. The van der Waals surface area contributed by atoms with E-state index in [1.807, 2.05) is 48.5 Å². The highest BCUT2D eigenvalue weighted by Gasteiger charge is 2.73. The first-order valence-electron chi connectivity index (χ1n) is 14.2. The third-order valence-electron chi connectivity index (χ3n) is 8.97. The van der Waals surface area contributed by atoms with Crippen molar-refractivity contribution in [3.05, 3.63) is 135 Å². The number of anilines is 1. The smallest absolute Gasteiger partial charge is 0.338 e. The lowest BCUT2D eigenvalue weighted by Gasteiger charge is -2.54. The third-order valence-corrected chi connectivity index (χ3v) is 10.7. The van der Waals surface area contributed by atoms with Crippen LogP contribution in [0.25, 0.3) is 0 Å². The van der Waals surface area contributed by atoms with Gasteiger partial charge in [-0.1, -0.05) is 66.2 Å². The van der Waals surface area contributed by atoms with Gasteiger partial charge in [-0.05, 0) is 64.7 Å². The minimum absolute atomic E-state index is 0.0437. The molecule has 4 aromatic rings. The predicted molar refractivity (Wildman–Crippen MR) is 172 cm³/mol. The normalized spacial score (nSPS) is 24.9. The van der Waals surface area contributed by atoms with Gasteiger partial charge in [0, 0.05) is 22.9 Å². The van der Waals surface area contributed by atoms with E-state index in [1.54, 1.807) is 30.3 Å². The summed E-state index contributed by atoms with van der Waals surface area (Å²) < 4.78 is 5.61.